The number of aryl methyl sites for hydroxylation is 1. The summed E-state index contributed by atoms with van der Waals surface area (Å²) in [6.07, 6.45) is 1.62. The molecular formula is C29H26N4O2. The van der Waals surface area contributed by atoms with E-state index in [1.54, 1.807) is 17.8 Å². The van der Waals surface area contributed by atoms with Gasteiger partial charge < -0.3 is 10.1 Å². The van der Waals surface area contributed by atoms with Gasteiger partial charge in [0.2, 0.25) is 0 Å². The van der Waals surface area contributed by atoms with Crippen LogP contribution in [0, 0.1) is 6.92 Å². The maximum atomic E-state index is 13.7. The number of methoxy groups -OCH3 is 1. The molecule has 2 aromatic heterocycles. The van der Waals surface area contributed by atoms with Gasteiger partial charge in [-0.25, -0.2) is 9.50 Å². The molecule has 0 saturated carbocycles. The minimum atomic E-state index is -0.310. The van der Waals surface area contributed by atoms with Crippen LogP contribution in [0.25, 0.3) is 16.8 Å². The van der Waals surface area contributed by atoms with Crippen molar-refractivity contribution in [2.75, 3.05) is 7.11 Å². The Balaban J connectivity index is 1.58. The van der Waals surface area contributed by atoms with E-state index in [4.69, 9.17) is 9.84 Å². The van der Waals surface area contributed by atoms with Crippen molar-refractivity contribution >= 4 is 11.6 Å². The minimum Gasteiger partial charge on any atom is -0.378 e. The summed E-state index contributed by atoms with van der Waals surface area (Å²) in [5.74, 6) is -0.237. The number of ether oxygens (including phenoxy) is 1. The summed E-state index contributed by atoms with van der Waals surface area (Å²) >= 11 is 0. The van der Waals surface area contributed by atoms with Crippen molar-refractivity contribution in [3.05, 3.63) is 125 Å². The van der Waals surface area contributed by atoms with E-state index in [1.807, 2.05) is 97.9 Å². The normalized spacial score (nSPS) is 11.2. The average Bonchev–Trinajstić information content (AvgIpc) is 3.25. The van der Waals surface area contributed by atoms with Crippen LogP contribution in [0.3, 0.4) is 0 Å². The van der Waals surface area contributed by atoms with Gasteiger partial charge in [-0.05, 0) is 23.6 Å². The van der Waals surface area contributed by atoms with Crippen LogP contribution in [0.5, 0.6) is 0 Å². The predicted octanol–water partition coefficient (Wildman–Crippen LogP) is 5.37. The number of amides is 1. The molecule has 0 aliphatic carbocycles. The molecule has 35 heavy (non-hydrogen) atoms. The van der Waals surface area contributed by atoms with Crippen LogP contribution in [0.15, 0.2) is 97.2 Å². The van der Waals surface area contributed by atoms with Crippen LogP contribution in [0.4, 0.5) is 0 Å². The van der Waals surface area contributed by atoms with Gasteiger partial charge >= 0.3 is 0 Å². The van der Waals surface area contributed by atoms with E-state index in [9.17, 15) is 4.79 Å². The molecule has 174 valence electrons. The number of hydrogen-bond acceptors (Lipinski definition) is 4. The summed E-state index contributed by atoms with van der Waals surface area (Å²) in [5.41, 5.74) is 6.58. The van der Waals surface area contributed by atoms with Crippen LogP contribution in [0.2, 0.25) is 0 Å². The van der Waals surface area contributed by atoms with Gasteiger partial charge in [-0.2, -0.15) is 5.10 Å². The Morgan fingerprint density at radius 2 is 1.49 bits per heavy atom. The summed E-state index contributed by atoms with van der Waals surface area (Å²) in [5, 5.41) is 7.95. The summed E-state index contributed by atoms with van der Waals surface area (Å²) in [7, 11) is 1.61. The van der Waals surface area contributed by atoms with E-state index in [-0.39, 0.29) is 18.6 Å². The molecule has 2 heterocycles. The fourth-order valence-corrected chi connectivity index (χ4v) is 4.40. The van der Waals surface area contributed by atoms with Gasteiger partial charge in [0, 0.05) is 18.9 Å². The van der Waals surface area contributed by atoms with Gasteiger partial charge in [0.25, 0.3) is 5.91 Å². The monoisotopic (exact) mass is 462 g/mol. The van der Waals surface area contributed by atoms with Crippen molar-refractivity contribution in [2.24, 2.45) is 0 Å². The number of carbonyl (C=O) groups is 1. The molecule has 5 rings (SSSR count). The van der Waals surface area contributed by atoms with Crippen LogP contribution in [-0.2, 0) is 11.3 Å². The fourth-order valence-electron chi connectivity index (χ4n) is 4.40. The molecule has 1 amide bonds. The van der Waals surface area contributed by atoms with Crippen LogP contribution in [0.1, 0.15) is 38.9 Å². The number of nitrogens with one attached hydrogen (secondary N) is 1. The number of fused-ring (bicyclic) bond motifs is 1. The Bertz CT molecular complexity index is 1410. The largest absolute Gasteiger partial charge is 0.378 e. The Morgan fingerprint density at radius 1 is 0.914 bits per heavy atom. The van der Waals surface area contributed by atoms with Gasteiger partial charge in [-0.15, -0.1) is 0 Å². The molecule has 0 aliphatic heterocycles. The Labute approximate surface area is 204 Å². The summed E-state index contributed by atoms with van der Waals surface area (Å²) in [4.78, 5) is 18.3. The molecule has 0 unspecified atom stereocenters. The molecular weight excluding hydrogens is 436 g/mol. The quantitative estimate of drug-likeness (QED) is 0.353. The number of nitrogens with zero attached hydrogens (tertiary/aromatic N) is 3. The summed E-state index contributed by atoms with van der Waals surface area (Å²) in [6.45, 7) is 2.17. The van der Waals surface area contributed by atoms with Crippen molar-refractivity contribution in [1.82, 2.24) is 19.9 Å². The second-order valence-corrected chi connectivity index (χ2v) is 8.34. The first-order chi connectivity index (χ1) is 17.2. The Morgan fingerprint density at radius 3 is 2.06 bits per heavy atom. The smallest absolute Gasteiger partial charge is 0.255 e. The third kappa shape index (κ3) is 4.44. The predicted molar refractivity (Wildman–Crippen MR) is 136 cm³/mol. The van der Waals surface area contributed by atoms with Crippen molar-refractivity contribution in [2.45, 2.75) is 19.6 Å². The molecule has 0 bridgehead atoms. The third-order valence-electron chi connectivity index (χ3n) is 6.05. The number of rotatable bonds is 7. The molecule has 0 fully saturated rings. The number of aromatic nitrogens is 3. The van der Waals surface area contributed by atoms with E-state index < -0.39 is 0 Å². The van der Waals surface area contributed by atoms with Gasteiger partial charge in [0.1, 0.15) is 0 Å². The van der Waals surface area contributed by atoms with E-state index in [1.165, 1.54) is 0 Å². The van der Waals surface area contributed by atoms with Gasteiger partial charge in [-0.1, -0.05) is 91.0 Å². The summed E-state index contributed by atoms with van der Waals surface area (Å²) < 4.78 is 7.22. The van der Waals surface area contributed by atoms with Crippen molar-refractivity contribution in [3.8, 4) is 11.1 Å². The lowest BCUT2D eigenvalue weighted by atomic mass is 9.98. The Hall–Kier alpha value is -4.29. The second-order valence-electron chi connectivity index (χ2n) is 8.34. The number of carbonyl (C=O) groups excluding carboxylic acids is 1. The van der Waals surface area contributed by atoms with E-state index in [0.717, 1.165) is 27.9 Å². The highest BCUT2D eigenvalue weighted by atomic mass is 16.5. The second kappa shape index (κ2) is 9.91. The standard InChI is InChI=1S/C29H26N4O2/c1-20-26(21-12-6-3-7-13-21)28-30-18-24(25(19-35-2)33(28)32-20)29(34)31-27(22-14-8-4-9-15-22)23-16-10-5-11-17-23/h3-18,27H,19H2,1-2H3,(H,31,34). The zero-order valence-electron chi connectivity index (χ0n) is 19.7. The number of hydrogen-bond donors (Lipinski definition) is 1. The third-order valence-corrected chi connectivity index (χ3v) is 6.05. The SMILES string of the molecule is COCc1c(C(=O)NC(c2ccccc2)c2ccccc2)cnc2c(-c3ccccc3)c(C)nn12. The number of benzene rings is 3. The molecule has 6 heteroatoms. The molecule has 3 aromatic carbocycles. The molecule has 0 saturated heterocycles. The zero-order chi connectivity index (χ0) is 24.2. The molecule has 6 nitrogen and oxygen atoms in total. The Kier molecular flexibility index (Phi) is 6.37. The van der Waals surface area contributed by atoms with Gasteiger partial charge in [-0.3, -0.25) is 4.79 Å². The van der Waals surface area contributed by atoms with Crippen molar-refractivity contribution < 1.29 is 9.53 Å². The zero-order valence-corrected chi connectivity index (χ0v) is 19.7. The van der Waals surface area contributed by atoms with E-state index in [0.29, 0.717) is 16.9 Å². The molecule has 1 N–H and O–H groups in total. The van der Waals surface area contributed by atoms with Gasteiger partial charge in [0.05, 0.1) is 29.6 Å². The lowest BCUT2D eigenvalue weighted by Gasteiger charge is -2.21. The van der Waals surface area contributed by atoms with Crippen molar-refractivity contribution in [1.29, 1.82) is 0 Å². The molecule has 0 radical (unpaired) electrons. The van der Waals surface area contributed by atoms with E-state index >= 15 is 0 Å². The molecule has 5 aromatic rings. The first-order valence-corrected chi connectivity index (χ1v) is 11.5. The molecule has 0 atom stereocenters. The van der Waals surface area contributed by atoms with Crippen LogP contribution < -0.4 is 5.32 Å². The first-order valence-electron chi connectivity index (χ1n) is 11.5. The van der Waals surface area contributed by atoms with Crippen LogP contribution >= 0.6 is 0 Å². The highest BCUT2D eigenvalue weighted by molar-refractivity contribution is 5.96. The lowest BCUT2D eigenvalue weighted by molar-refractivity contribution is 0.0936. The maximum Gasteiger partial charge on any atom is 0.255 e. The highest BCUT2D eigenvalue weighted by Crippen LogP contribution is 2.29. The highest BCUT2D eigenvalue weighted by Gasteiger charge is 2.24. The van der Waals surface area contributed by atoms with Gasteiger partial charge in [0.15, 0.2) is 5.65 Å². The lowest BCUT2D eigenvalue weighted by Crippen LogP contribution is -2.31. The summed E-state index contributed by atoms with van der Waals surface area (Å²) in [6, 6.07) is 29.6. The van der Waals surface area contributed by atoms with Crippen molar-refractivity contribution in [3.63, 3.8) is 0 Å². The maximum absolute atomic E-state index is 13.7. The average molecular weight is 463 g/mol. The molecule has 0 spiro atoms. The minimum absolute atomic E-state index is 0.221. The first kappa shape index (κ1) is 22.5. The van der Waals surface area contributed by atoms with E-state index in [2.05, 4.69) is 10.3 Å². The fraction of sp³-hybridized carbons (Fsp3) is 0.138. The topological polar surface area (TPSA) is 68.5 Å². The molecule has 0 aliphatic rings. The van der Waals surface area contributed by atoms with Crippen LogP contribution in [-0.4, -0.2) is 27.6 Å².